The Morgan fingerprint density at radius 1 is 1.14 bits per heavy atom. The molecule has 0 aliphatic rings. The van der Waals surface area contributed by atoms with Crippen molar-refractivity contribution in [2.45, 2.75) is 6.42 Å². The Labute approximate surface area is 129 Å². The molecule has 0 radical (unpaired) electrons. The molecule has 6 heteroatoms. The maximum Gasteiger partial charge on any atom is 0.269 e. The standard InChI is InChI=1S/C15H11BrN2O3/c16-12-3-1-11(2-4-12)15(19)9-10-17-13-5-7-14(8-6-13)18(20)21/h1-8,10H,9H2. The van der Waals surface area contributed by atoms with E-state index in [2.05, 4.69) is 20.9 Å². The van der Waals surface area contributed by atoms with E-state index in [9.17, 15) is 14.9 Å². The predicted molar refractivity (Wildman–Crippen MR) is 84.3 cm³/mol. The number of hydrogen-bond donors (Lipinski definition) is 0. The van der Waals surface area contributed by atoms with Crippen molar-refractivity contribution in [2.24, 2.45) is 4.99 Å². The van der Waals surface area contributed by atoms with Gasteiger partial charge in [-0.2, -0.15) is 0 Å². The van der Waals surface area contributed by atoms with Gasteiger partial charge >= 0.3 is 0 Å². The minimum atomic E-state index is -0.468. The molecule has 0 fully saturated rings. The van der Waals surface area contributed by atoms with Crippen LogP contribution in [-0.4, -0.2) is 16.9 Å². The van der Waals surface area contributed by atoms with Crippen molar-refractivity contribution in [3.8, 4) is 0 Å². The molecule has 0 atom stereocenters. The smallest absolute Gasteiger partial charge is 0.269 e. The van der Waals surface area contributed by atoms with Crippen LogP contribution in [-0.2, 0) is 0 Å². The van der Waals surface area contributed by atoms with E-state index in [0.29, 0.717) is 11.3 Å². The Bertz CT molecular complexity index is 679. The molecule has 0 aliphatic heterocycles. The van der Waals surface area contributed by atoms with Crippen LogP contribution in [0.25, 0.3) is 0 Å². The summed E-state index contributed by atoms with van der Waals surface area (Å²) in [6.07, 6.45) is 1.68. The molecular formula is C15H11BrN2O3. The number of Topliss-reactive ketones (excluding diaryl/α,β-unsaturated/α-hetero) is 1. The van der Waals surface area contributed by atoms with Gasteiger partial charge < -0.3 is 0 Å². The Kier molecular flexibility index (Phi) is 4.94. The van der Waals surface area contributed by atoms with Gasteiger partial charge in [0.1, 0.15) is 0 Å². The van der Waals surface area contributed by atoms with Gasteiger partial charge in [0.15, 0.2) is 5.78 Å². The van der Waals surface area contributed by atoms with Gasteiger partial charge in [0.05, 0.1) is 10.6 Å². The zero-order valence-corrected chi connectivity index (χ0v) is 12.5. The van der Waals surface area contributed by atoms with Crippen molar-refractivity contribution in [3.05, 3.63) is 68.7 Å². The number of carbonyl (C=O) groups excluding carboxylic acids is 1. The zero-order valence-electron chi connectivity index (χ0n) is 10.9. The van der Waals surface area contributed by atoms with Crippen LogP contribution in [0.2, 0.25) is 0 Å². The molecule has 0 unspecified atom stereocenters. The van der Waals surface area contributed by atoms with Gasteiger partial charge in [0, 0.05) is 34.8 Å². The summed E-state index contributed by atoms with van der Waals surface area (Å²) >= 11 is 3.31. The minimum absolute atomic E-state index is 0.0138. The summed E-state index contributed by atoms with van der Waals surface area (Å²) in [5, 5.41) is 10.5. The second-order valence-electron chi connectivity index (χ2n) is 4.22. The van der Waals surface area contributed by atoms with E-state index < -0.39 is 4.92 Å². The molecule has 0 aromatic heterocycles. The summed E-state index contributed by atoms with van der Waals surface area (Å²) in [4.78, 5) is 26.1. The molecule has 106 valence electrons. The first-order chi connectivity index (χ1) is 10.1. The molecule has 5 nitrogen and oxygen atoms in total. The van der Waals surface area contributed by atoms with E-state index in [1.165, 1.54) is 18.3 Å². The number of carbonyl (C=O) groups is 1. The molecule has 0 bridgehead atoms. The molecular weight excluding hydrogens is 336 g/mol. The van der Waals surface area contributed by atoms with Crippen LogP contribution in [0.15, 0.2) is 58.0 Å². The van der Waals surface area contributed by atoms with Crippen LogP contribution in [0.1, 0.15) is 16.8 Å². The zero-order chi connectivity index (χ0) is 15.2. The van der Waals surface area contributed by atoms with Crippen LogP contribution >= 0.6 is 15.9 Å². The van der Waals surface area contributed by atoms with Gasteiger partial charge in [-0.25, -0.2) is 0 Å². The number of nitro groups is 1. The van der Waals surface area contributed by atoms with E-state index in [4.69, 9.17) is 0 Å². The number of nitrogens with zero attached hydrogens (tertiary/aromatic N) is 2. The van der Waals surface area contributed by atoms with Crippen molar-refractivity contribution in [1.29, 1.82) is 0 Å². The summed E-state index contributed by atoms with van der Waals surface area (Å²) in [6, 6.07) is 12.9. The lowest BCUT2D eigenvalue weighted by atomic mass is 10.1. The molecule has 0 heterocycles. The Morgan fingerprint density at radius 2 is 1.76 bits per heavy atom. The van der Waals surface area contributed by atoms with Gasteiger partial charge in [-0.05, 0) is 24.3 Å². The van der Waals surface area contributed by atoms with Gasteiger partial charge in [-0.3, -0.25) is 19.9 Å². The number of benzene rings is 2. The Hall–Kier alpha value is -2.34. The van der Waals surface area contributed by atoms with E-state index >= 15 is 0 Å². The van der Waals surface area contributed by atoms with Crippen molar-refractivity contribution in [3.63, 3.8) is 0 Å². The van der Waals surface area contributed by atoms with E-state index in [1.807, 2.05) is 0 Å². The van der Waals surface area contributed by atoms with Gasteiger partial charge in [-0.1, -0.05) is 28.1 Å². The largest absolute Gasteiger partial charge is 0.294 e. The third kappa shape index (κ3) is 4.32. The molecule has 21 heavy (non-hydrogen) atoms. The van der Waals surface area contributed by atoms with Crippen molar-refractivity contribution >= 4 is 39.3 Å². The third-order valence-electron chi connectivity index (χ3n) is 2.74. The first-order valence-corrected chi connectivity index (χ1v) is 6.91. The highest BCUT2D eigenvalue weighted by molar-refractivity contribution is 9.10. The van der Waals surface area contributed by atoms with E-state index in [0.717, 1.165) is 4.47 Å². The minimum Gasteiger partial charge on any atom is -0.294 e. The normalized spacial score (nSPS) is 10.7. The highest BCUT2D eigenvalue weighted by Crippen LogP contribution is 2.17. The molecule has 2 aromatic carbocycles. The SMILES string of the molecule is O=C(CC=Nc1ccc([N+](=O)[O-])cc1)c1ccc(Br)cc1. The van der Waals surface area contributed by atoms with Crippen LogP contribution in [0.3, 0.4) is 0 Å². The fraction of sp³-hybridized carbons (Fsp3) is 0.0667. The average Bonchev–Trinajstić information content (AvgIpc) is 2.48. The Morgan fingerprint density at radius 3 is 2.33 bits per heavy atom. The van der Waals surface area contributed by atoms with Crippen molar-refractivity contribution in [1.82, 2.24) is 0 Å². The molecule has 0 aliphatic carbocycles. The molecule has 0 spiro atoms. The quantitative estimate of drug-likeness (QED) is 0.350. The molecule has 0 amide bonds. The van der Waals surface area contributed by atoms with E-state index in [-0.39, 0.29) is 17.9 Å². The van der Waals surface area contributed by atoms with Crippen LogP contribution in [0, 0.1) is 10.1 Å². The van der Waals surface area contributed by atoms with Crippen LogP contribution in [0.4, 0.5) is 11.4 Å². The third-order valence-corrected chi connectivity index (χ3v) is 3.27. The Balaban J connectivity index is 1.97. The lowest BCUT2D eigenvalue weighted by Crippen LogP contribution is -1.98. The molecule has 2 rings (SSSR count). The first-order valence-electron chi connectivity index (χ1n) is 6.12. The number of rotatable bonds is 5. The van der Waals surface area contributed by atoms with Crippen molar-refractivity contribution < 1.29 is 9.72 Å². The lowest BCUT2D eigenvalue weighted by molar-refractivity contribution is -0.384. The predicted octanol–water partition coefficient (Wildman–Crippen LogP) is 4.33. The number of aliphatic imine (C=N–C) groups is 1. The molecule has 0 N–H and O–H groups in total. The van der Waals surface area contributed by atoms with Crippen LogP contribution < -0.4 is 0 Å². The second-order valence-corrected chi connectivity index (χ2v) is 5.14. The maximum atomic E-state index is 11.9. The maximum absolute atomic E-state index is 11.9. The summed E-state index contributed by atoms with van der Waals surface area (Å²) < 4.78 is 0.915. The fourth-order valence-electron chi connectivity index (χ4n) is 1.65. The monoisotopic (exact) mass is 346 g/mol. The summed E-state index contributed by atoms with van der Waals surface area (Å²) in [6.45, 7) is 0. The number of ketones is 1. The highest BCUT2D eigenvalue weighted by Gasteiger charge is 2.04. The number of hydrogen-bond acceptors (Lipinski definition) is 4. The number of halogens is 1. The number of non-ortho nitro benzene ring substituents is 1. The fourth-order valence-corrected chi connectivity index (χ4v) is 1.91. The molecule has 0 saturated heterocycles. The van der Waals surface area contributed by atoms with Gasteiger partial charge in [0.2, 0.25) is 0 Å². The van der Waals surface area contributed by atoms with Crippen molar-refractivity contribution in [2.75, 3.05) is 0 Å². The molecule has 0 saturated carbocycles. The highest BCUT2D eigenvalue weighted by atomic mass is 79.9. The summed E-state index contributed by atoms with van der Waals surface area (Å²) in [5.74, 6) is -0.0341. The lowest BCUT2D eigenvalue weighted by Gasteiger charge is -1.98. The summed E-state index contributed by atoms with van der Waals surface area (Å²) in [7, 11) is 0. The van der Waals surface area contributed by atoms with E-state index in [1.54, 1.807) is 36.4 Å². The van der Waals surface area contributed by atoms with Gasteiger partial charge in [0.25, 0.3) is 5.69 Å². The first kappa shape index (κ1) is 15.1. The average molecular weight is 347 g/mol. The topological polar surface area (TPSA) is 72.6 Å². The van der Waals surface area contributed by atoms with Gasteiger partial charge in [-0.15, -0.1) is 0 Å². The molecule has 2 aromatic rings. The second kappa shape index (κ2) is 6.90. The number of nitro benzene ring substituents is 1. The van der Waals surface area contributed by atoms with Crippen LogP contribution in [0.5, 0.6) is 0 Å². The summed E-state index contributed by atoms with van der Waals surface area (Å²) in [5.41, 5.74) is 1.21.